The molecule has 0 spiro atoms. The molecule has 6 rings (SSSR count). The smallest absolute Gasteiger partial charge is 0.416 e. The Morgan fingerprint density at radius 2 is 1.70 bits per heavy atom. The van der Waals surface area contributed by atoms with E-state index in [1.54, 1.807) is 42.5 Å². The number of alkyl halides is 3. The Morgan fingerprint density at radius 1 is 0.977 bits per heavy atom. The third-order valence-electron chi connectivity index (χ3n) is 7.56. The van der Waals surface area contributed by atoms with Crippen molar-refractivity contribution >= 4 is 52.2 Å². The number of aromatic nitrogens is 1. The van der Waals surface area contributed by atoms with Gasteiger partial charge in [-0.05, 0) is 60.5 Å². The van der Waals surface area contributed by atoms with Crippen LogP contribution in [0.15, 0.2) is 82.6 Å². The number of fused-ring (bicyclic) bond motifs is 2. The van der Waals surface area contributed by atoms with Crippen LogP contribution in [0.1, 0.15) is 27.5 Å². The molecule has 3 unspecified atom stereocenters. The van der Waals surface area contributed by atoms with Gasteiger partial charge in [-0.3, -0.25) is 23.7 Å². The van der Waals surface area contributed by atoms with Gasteiger partial charge in [-0.25, -0.2) is 4.90 Å². The molecule has 1 saturated heterocycles. The van der Waals surface area contributed by atoms with Gasteiger partial charge in [0.15, 0.2) is 0 Å². The molecule has 0 radical (unpaired) electrons. The maximum atomic E-state index is 14.0. The molecule has 0 bridgehead atoms. The van der Waals surface area contributed by atoms with Crippen molar-refractivity contribution in [3.63, 3.8) is 0 Å². The van der Waals surface area contributed by atoms with E-state index >= 15 is 0 Å². The van der Waals surface area contributed by atoms with Gasteiger partial charge < -0.3 is 10.1 Å². The summed E-state index contributed by atoms with van der Waals surface area (Å²) in [6.07, 6.45) is -4.67. The Bertz CT molecular complexity index is 1850. The summed E-state index contributed by atoms with van der Waals surface area (Å²) in [5, 5.41) is 2.10. The quantitative estimate of drug-likeness (QED) is 0.273. The number of aryl methyl sites for hydroxylation is 1. The van der Waals surface area contributed by atoms with Crippen molar-refractivity contribution in [3.05, 3.63) is 104 Å². The SMILES string of the molecule is COc1ccc(C2c3sc(=O)n(CC(=O)Nc4cccc(C)c4)c3SC3C(=O)N(c4cccc(C(F)(F)F)c4)C(=O)C32)cc1. The molecule has 13 heteroatoms. The number of halogens is 3. The summed E-state index contributed by atoms with van der Waals surface area (Å²) in [5.74, 6) is -3.04. The highest BCUT2D eigenvalue weighted by atomic mass is 32.2. The summed E-state index contributed by atoms with van der Waals surface area (Å²) in [6.45, 7) is 1.54. The van der Waals surface area contributed by atoms with Crippen LogP contribution in [0.3, 0.4) is 0 Å². The second-order valence-electron chi connectivity index (χ2n) is 10.4. The number of anilines is 2. The largest absolute Gasteiger partial charge is 0.497 e. The van der Waals surface area contributed by atoms with E-state index in [2.05, 4.69) is 5.32 Å². The molecule has 3 heterocycles. The van der Waals surface area contributed by atoms with E-state index < -0.39 is 51.4 Å². The number of carbonyl (C=O) groups excluding carboxylic acids is 3. The van der Waals surface area contributed by atoms with E-state index in [9.17, 15) is 32.3 Å². The number of thioether (sulfide) groups is 1. The number of benzene rings is 3. The molecule has 2 aliphatic rings. The van der Waals surface area contributed by atoms with Crippen molar-refractivity contribution in [2.24, 2.45) is 5.92 Å². The number of rotatable bonds is 6. The number of ether oxygens (including phenoxy) is 1. The third kappa shape index (κ3) is 5.30. The van der Waals surface area contributed by atoms with Gasteiger partial charge in [0.1, 0.15) is 17.5 Å². The van der Waals surface area contributed by atoms with Crippen LogP contribution in [0.4, 0.5) is 24.5 Å². The predicted octanol–water partition coefficient (Wildman–Crippen LogP) is 5.68. The van der Waals surface area contributed by atoms with E-state index in [0.717, 1.165) is 51.8 Å². The van der Waals surface area contributed by atoms with E-state index in [1.165, 1.54) is 17.7 Å². The van der Waals surface area contributed by atoms with Crippen LogP contribution < -0.4 is 19.8 Å². The van der Waals surface area contributed by atoms with Crippen LogP contribution in [-0.2, 0) is 27.1 Å². The zero-order valence-electron chi connectivity index (χ0n) is 23.3. The van der Waals surface area contributed by atoms with Crippen LogP contribution in [0.25, 0.3) is 0 Å². The number of methoxy groups -OCH3 is 1. The van der Waals surface area contributed by atoms with Crippen molar-refractivity contribution < 1.29 is 32.3 Å². The van der Waals surface area contributed by atoms with E-state index in [1.807, 2.05) is 13.0 Å². The molecular formula is C31H24F3N3O5S2. The van der Waals surface area contributed by atoms with Gasteiger partial charge in [-0.2, -0.15) is 13.2 Å². The Morgan fingerprint density at radius 3 is 2.39 bits per heavy atom. The minimum absolute atomic E-state index is 0.184. The molecular weight excluding hydrogens is 615 g/mol. The number of imide groups is 1. The molecule has 3 amide bonds. The average molecular weight is 640 g/mol. The molecule has 1 aromatic heterocycles. The van der Waals surface area contributed by atoms with Gasteiger partial charge in [0.05, 0.1) is 29.3 Å². The van der Waals surface area contributed by atoms with Crippen molar-refractivity contribution in [2.45, 2.75) is 35.8 Å². The molecule has 1 N–H and O–H groups in total. The number of hydrogen-bond acceptors (Lipinski definition) is 7. The monoisotopic (exact) mass is 639 g/mol. The number of hydrogen-bond donors (Lipinski definition) is 1. The fourth-order valence-electron chi connectivity index (χ4n) is 5.57. The first-order valence-corrected chi connectivity index (χ1v) is 15.1. The third-order valence-corrected chi connectivity index (χ3v) is 10.2. The lowest BCUT2D eigenvalue weighted by atomic mass is 9.83. The van der Waals surface area contributed by atoms with Gasteiger partial charge in [0, 0.05) is 16.5 Å². The fraction of sp³-hybridized carbons (Fsp3) is 0.226. The summed E-state index contributed by atoms with van der Waals surface area (Å²) >= 11 is 1.87. The normalized spacial score (nSPS) is 19.5. The number of nitrogens with one attached hydrogen (secondary N) is 1. The average Bonchev–Trinajstić information content (AvgIpc) is 3.43. The second-order valence-corrected chi connectivity index (χ2v) is 12.5. The first-order valence-electron chi connectivity index (χ1n) is 13.4. The van der Waals surface area contributed by atoms with Gasteiger partial charge >= 0.3 is 11.0 Å². The van der Waals surface area contributed by atoms with Crippen LogP contribution in [-0.4, -0.2) is 34.6 Å². The minimum Gasteiger partial charge on any atom is -0.497 e. The van der Waals surface area contributed by atoms with Gasteiger partial charge in [-0.15, -0.1) is 0 Å². The summed E-state index contributed by atoms with van der Waals surface area (Å²) in [6, 6.07) is 18.1. The number of thiazole rings is 1. The highest BCUT2D eigenvalue weighted by Gasteiger charge is 2.57. The van der Waals surface area contributed by atoms with Crippen molar-refractivity contribution in [1.29, 1.82) is 0 Å². The number of amides is 3. The topological polar surface area (TPSA) is 97.7 Å². The summed E-state index contributed by atoms with van der Waals surface area (Å²) in [7, 11) is 1.50. The lowest BCUT2D eigenvalue weighted by Gasteiger charge is -2.30. The lowest BCUT2D eigenvalue weighted by molar-refractivity contribution is -0.137. The predicted molar refractivity (Wildman–Crippen MR) is 160 cm³/mol. The standard InChI is InChI=1S/C31H24F3N3O5S2/c1-16-5-3-7-19(13-16)35-22(38)15-36-29-26(44-30(36)41)23(17-9-11-21(42-2)12-10-17)24-25(43-29)28(40)37(27(24)39)20-8-4-6-18(14-20)31(32,33)34/h3-14,23-25H,15H2,1-2H3,(H,35,38). The van der Waals surface area contributed by atoms with Crippen LogP contribution in [0.5, 0.6) is 5.75 Å². The van der Waals surface area contributed by atoms with E-state index in [0.29, 0.717) is 26.9 Å². The highest BCUT2D eigenvalue weighted by Crippen LogP contribution is 2.54. The lowest BCUT2D eigenvalue weighted by Crippen LogP contribution is -2.33. The fourth-order valence-corrected chi connectivity index (χ4v) is 8.34. The molecule has 2 aliphatic heterocycles. The van der Waals surface area contributed by atoms with Crippen LogP contribution in [0.2, 0.25) is 0 Å². The molecule has 44 heavy (non-hydrogen) atoms. The summed E-state index contributed by atoms with van der Waals surface area (Å²) in [5.41, 5.74) is 0.941. The Kier molecular flexibility index (Phi) is 7.62. The van der Waals surface area contributed by atoms with Gasteiger partial charge in [-0.1, -0.05) is 53.4 Å². The Balaban J connectivity index is 1.41. The second kappa shape index (κ2) is 11.3. The van der Waals surface area contributed by atoms with Gasteiger partial charge in [0.2, 0.25) is 17.7 Å². The van der Waals surface area contributed by atoms with E-state index in [-0.39, 0.29) is 12.2 Å². The minimum atomic E-state index is -4.67. The van der Waals surface area contributed by atoms with Crippen molar-refractivity contribution in [1.82, 2.24) is 4.57 Å². The Hall–Kier alpha value is -4.36. The van der Waals surface area contributed by atoms with Crippen LogP contribution in [0, 0.1) is 12.8 Å². The van der Waals surface area contributed by atoms with Crippen molar-refractivity contribution in [2.75, 3.05) is 17.3 Å². The van der Waals surface area contributed by atoms with Gasteiger partial charge in [0.25, 0.3) is 0 Å². The molecule has 0 saturated carbocycles. The maximum Gasteiger partial charge on any atom is 0.416 e. The van der Waals surface area contributed by atoms with Crippen molar-refractivity contribution in [3.8, 4) is 5.75 Å². The zero-order valence-corrected chi connectivity index (χ0v) is 24.9. The number of carbonyl (C=O) groups is 3. The molecule has 1 fully saturated rings. The summed E-state index contributed by atoms with van der Waals surface area (Å²) < 4.78 is 47.1. The molecule has 0 aliphatic carbocycles. The molecule has 8 nitrogen and oxygen atoms in total. The highest BCUT2D eigenvalue weighted by molar-refractivity contribution is 8.00. The first kappa shape index (κ1) is 29.7. The zero-order chi connectivity index (χ0) is 31.3. The first-order chi connectivity index (χ1) is 21.0. The molecule has 3 aromatic carbocycles. The van der Waals surface area contributed by atoms with Crippen LogP contribution >= 0.6 is 23.1 Å². The maximum absolute atomic E-state index is 14.0. The molecule has 3 atom stereocenters. The Labute approximate surface area is 257 Å². The number of nitrogens with zero attached hydrogens (tertiary/aromatic N) is 2. The summed E-state index contributed by atoms with van der Waals surface area (Å²) in [4.78, 5) is 55.0. The molecule has 4 aromatic rings. The van der Waals surface area contributed by atoms with E-state index in [4.69, 9.17) is 4.74 Å². The molecule has 226 valence electrons.